The van der Waals surface area contributed by atoms with Crippen LogP contribution >= 0.6 is 0 Å². The molecule has 110 valence electrons. The van der Waals surface area contributed by atoms with Gasteiger partial charge in [0, 0.05) is 29.1 Å². The molecule has 0 atom stereocenters. The zero-order chi connectivity index (χ0) is 15.4. The number of benzene rings is 2. The van der Waals surface area contributed by atoms with E-state index in [0.717, 1.165) is 18.2 Å². The molecule has 1 amide bonds. The summed E-state index contributed by atoms with van der Waals surface area (Å²) in [5.41, 5.74) is 6.31. The van der Waals surface area contributed by atoms with Gasteiger partial charge in [-0.05, 0) is 31.2 Å². The molecule has 4 nitrogen and oxygen atoms in total. The topological polar surface area (TPSA) is 64.3 Å². The second-order valence-electron chi connectivity index (χ2n) is 4.34. The van der Waals surface area contributed by atoms with Gasteiger partial charge in [-0.3, -0.25) is 4.79 Å². The van der Waals surface area contributed by atoms with Gasteiger partial charge in [0.05, 0.1) is 6.61 Å². The number of nitrogen functional groups attached to an aromatic ring is 1. The van der Waals surface area contributed by atoms with Crippen LogP contribution in [0.4, 0.5) is 20.2 Å². The second kappa shape index (κ2) is 6.21. The Kier molecular flexibility index (Phi) is 4.37. The monoisotopic (exact) mass is 292 g/mol. The molecule has 6 heteroatoms. The minimum Gasteiger partial charge on any atom is -0.494 e. The average Bonchev–Trinajstić information content (AvgIpc) is 2.37. The first-order chi connectivity index (χ1) is 9.97. The number of rotatable bonds is 4. The lowest BCUT2D eigenvalue weighted by atomic mass is 10.1. The molecule has 0 radical (unpaired) electrons. The number of ether oxygens (including phenoxy) is 1. The fraction of sp³-hybridized carbons (Fsp3) is 0.133. The van der Waals surface area contributed by atoms with Crippen LogP contribution in [0, 0.1) is 11.6 Å². The van der Waals surface area contributed by atoms with Crippen LogP contribution in [-0.4, -0.2) is 12.5 Å². The Bertz CT molecular complexity index is 654. The molecule has 2 aromatic carbocycles. The lowest BCUT2D eigenvalue weighted by molar-refractivity contribution is 0.102. The molecule has 0 fully saturated rings. The summed E-state index contributed by atoms with van der Waals surface area (Å²) in [5, 5.41) is 2.41. The number of carbonyl (C=O) groups is 1. The zero-order valence-electron chi connectivity index (χ0n) is 11.3. The van der Waals surface area contributed by atoms with Gasteiger partial charge in [-0.25, -0.2) is 8.78 Å². The molecular weight excluding hydrogens is 278 g/mol. The minimum atomic E-state index is -0.770. The molecule has 0 bridgehead atoms. The fourth-order valence-corrected chi connectivity index (χ4v) is 1.83. The van der Waals surface area contributed by atoms with Crippen LogP contribution in [0.3, 0.4) is 0 Å². The van der Waals surface area contributed by atoms with E-state index in [-0.39, 0.29) is 11.3 Å². The van der Waals surface area contributed by atoms with E-state index in [2.05, 4.69) is 5.32 Å². The van der Waals surface area contributed by atoms with Gasteiger partial charge in [-0.2, -0.15) is 0 Å². The van der Waals surface area contributed by atoms with Crippen molar-refractivity contribution in [1.82, 2.24) is 0 Å². The van der Waals surface area contributed by atoms with Crippen LogP contribution in [-0.2, 0) is 0 Å². The molecular formula is C15H14F2N2O2. The molecule has 0 aliphatic carbocycles. The molecule has 0 aliphatic rings. The number of nitrogens with two attached hydrogens (primary N) is 1. The van der Waals surface area contributed by atoms with Gasteiger partial charge in [0.1, 0.15) is 17.4 Å². The molecule has 0 unspecified atom stereocenters. The number of halogens is 2. The SMILES string of the molecule is CCOc1cc(N)cc(C(=O)Nc2cc(F)cc(F)c2)c1. The number of amides is 1. The van der Waals surface area contributed by atoms with Crippen LogP contribution in [0.25, 0.3) is 0 Å². The van der Waals surface area contributed by atoms with E-state index in [1.165, 1.54) is 12.1 Å². The maximum atomic E-state index is 13.1. The third kappa shape index (κ3) is 3.92. The smallest absolute Gasteiger partial charge is 0.255 e. The van der Waals surface area contributed by atoms with Gasteiger partial charge in [0.2, 0.25) is 0 Å². The summed E-state index contributed by atoms with van der Waals surface area (Å²) in [6.07, 6.45) is 0. The van der Waals surface area contributed by atoms with Crippen molar-refractivity contribution < 1.29 is 18.3 Å². The highest BCUT2D eigenvalue weighted by Crippen LogP contribution is 2.20. The van der Waals surface area contributed by atoms with Gasteiger partial charge in [-0.15, -0.1) is 0 Å². The maximum Gasteiger partial charge on any atom is 0.255 e. The van der Waals surface area contributed by atoms with Crippen molar-refractivity contribution in [1.29, 1.82) is 0 Å². The predicted molar refractivity (Wildman–Crippen MR) is 76.3 cm³/mol. The maximum absolute atomic E-state index is 13.1. The Morgan fingerprint density at radius 3 is 2.43 bits per heavy atom. The normalized spacial score (nSPS) is 10.2. The van der Waals surface area contributed by atoms with Gasteiger partial charge in [-0.1, -0.05) is 0 Å². The Hall–Kier alpha value is -2.63. The summed E-state index contributed by atoms with van der Waals surface area (Å²) in [4.78, 5) is 12.1. The number of carbonyl (C=O) groups excluding carboxylic acids is 1. The number of hydrogen-bond donors (Lipinski definition) is 2. The highest BCUT2D eigenvalue weighted by atomic mass is 19.1. The van der Waals surface area contributed by atoms with Crippen molar-refractivity contribution in [2.24, 2.45) is 0 Å². The van der Waals surface area contributed by atoms with E-state index in [9.17, 15) is 13.6 Å². The Balaban J connectivity index is 2.23. The van der Waals surface area contributed by atoms with Crippen LogP contribution in [0.2, 0.25) is 0 Å². The van der Waals surface area contributed by atoms with Crippen molar-refractivity contribution in [3.8, 4) is 5.75 Å². The third-order valence-corrected chi connectivity index (χ3v) is 2.62. The van der Waals surface area contributed by atoms with Crippen molar-refractivity contribution in [2.45, 2.75) is 6.92 Å². The third-order valence-electron chi connectivity index (χ3n) is 2.62. The Morgan fingerprint density at radius 2 is 1.81 bits per heavy atom. The van der Waals surface area contributed by atoms with Crippen molar-refractivity contribution in [3.63, 3.8) is 0 Å². The highest BCUT2D eigenvalue weighted by Gasteiger charge is 2.10. The summed E-state index contributed by atoms with van der Waals surface area (Å²) in [6.45, 7) is 2.23. The number of hydrogen-bond acceptors (Lipinski definition) is 3. The lowest BCUT2D eigenvalue weighted by Gasteiger charge is -2.09. The first-order valence-corrected chi connectivity index (χ1v) is 6.28. The number of anilines is 2. The van der Waals surface area contributed by atoms with E-state index in [4.69, 9.17) is 10.5 Å². The molecule has 0 spiro atoms. The van der Waals surface area contributed by atoms with Crippen LogP contribution in [0.5, 0.6) is 5.75 Å². The molecule has 0 aliphatic heterocycles. The second-order valence-corrected chi connectivity index (χ2v) is 4.34. The number of nitrogens with one attached hydrogen (secondary N) is 1. The van der Waals surface area contributed by atoms with E-state index in [0.29, 0.717) is 18.0 Å². The van der Waals surface area contributed by atoms with E-state index < -0.39 is 17.5 Å². The van der Waals surface area contributed by atoms with E-state index in [1.54, 1.807) is 13.0 Å². The molecule has 2 aromatic rings. The molecule has 0 saturated heterocycles. The molecule has 0 saturated carbocycles. The Morgan fingerprint density at radius 1 is 1.14 bits per heavy atom. The van der Waals surface area contributed by atoms with Gasteiger partial charge in [0.15, 0.2) is 0 Å². The van der Waals surface area contributed by atoms with Crippen molar-refractivity contribution in [3.05, 3.63) is 53.6 Å². The van der Waals surface area contributed by atoms with Gasteiger partial charge < -0.3 is 15.8 Å². The summed E-state index contributed by atoms with van der Waals surface area (Å²) in [7, 11) is 0. The summed E-state index contributed by atoms with van der Waals surface area (Å²) in [6, 6.07) is 7.32. The molecule has 21 heavy (non-hydrogen) atoms. The lowest BCUT2D eigenvalue weighted by Crippen LogP contribution is -2.13. The predicted octanol–water partition coefficient (Wildman–Crippen LogP) is 3.20. The van der Waals surface area contributed by atoms with E-state index in [1.807, 2.05) is 0 Å². The molecule has 2 rings (SSSR count). The van der Waals surface area contributed by atoms with Crippen LogP contribution in [0.1, 0.15) is 17.3 Å². The molecule has 3 N–H and O–H groups in total. The summed E-state index contributed by atoms with van der Waals surface area (Å²) < 4.78 is 31.4. The largest absolute Gasteiger partial charge is 0.494 e. The first kappa shape index (κ1) is 14.8. The highest BCUT2D eigenvalue weighted by molar-refractivity contribution is 6.05. The van der Waals surface area contributed by atoms with Crippen LogP contribution < -0.4 is 15.8 Å². The standard InChI is InChI=1S/C15H14F2N2O2/c1-2-21-14-4-9(3-12(18)8-14)15(20)19-13-6-10(16)5-11(17)7-13/h3-8H,2,18H2,1H3,(H,19,20). The van der Waals surface area contributed by atoms with Gasteiger partial charge in [0.25, 0.3) is 5.91 Å². The fourth-order valence-electron chi connectivity index (χ4n) is 1.83. The minimum absolute atomic E-state index is 0.0258. The van der Waals surface area contributed by atoms with Crippen LogP contribution in [0.15, 0.2) is 36.4 Å². The van der Waals surface area contributed by atoms with Crippen molar-refractivity contribution in [2.75, 3.05) is 17.7 Å². The van der Waals surface area contributed by atoms with E-state index >= 15 is 0 Å². The van der Waals surface area contributed by atoms with Gasteiger partial charge >= 0.3 is 0 Å². The Labute approximate surface area is 120 Å². The quantitative estimate of drug-likeness (QED) is 0.851. The summed E-state index contributed by atoms with van der Waals surface area (Å²) >= 11 is 0. The first-order valence-electron chi connectivity index (χ1n) is 6.28. The zero-order valence-corrected chi connectivity index (χ0v) is 11.3. The molecule has 0 aromatic heterocycles. The summed E-state index contributed by atoms with van der Waals surface area (Å²) in [5.74, 6) is -1.62. The average molecular weight is 292 g/mol. The van der Waals surface area contributed by atoms with Crippen molar-refractivity contribution >= 4 is 17.3 Å². The molecule has 0 heterocycles.